The minimum atomic E-state index is -0.0184. The van der Waals surface area contributed by atoms with E-state index < -0.39 is 0 Å². The van der Waals surface area contributed by atoms with Gasteiger partial charge in [-0.25, -0.2) is 0 Å². The van der Waals surface area contributed by atoms with Crippen LogP contribution in [0.3, 0.4) is 0 Å². The van der Waals surface area contributed by atoms with Crippen LogP contribution in [0.4, 0.5) is 11.4 Å². The van der Waals surface area contributed by atoms with Crippen molar-refractivity contribution in [3.63, 3.8) is 0 Å². The van der Waals surface area contributed by atoms with Crippen LogP contribution in [0.1, 0.15) is 66.5 Å². The standard InChI is InChI=1S/C29H35N5OS/c1-20-19-25(21(2)33(20)23-7-3-4-8-23)28-27(26-9-5-6-14-30-26)31-29(36)34(28)24-12-10-22(11-13-24)32-15-17-35-18-16-32/h5-6,9-14,19,23,27-28H,3-4,7-8,15-18H2,1-2H3,(H,31,36)/t27-,28-/m0/s1. The summed E-state index contributed by atoms with van der Waals surface area (Å²) in [6.45, 7) is 7.98. The van der Waals surface area contributed by atoms with Crippen LogP contribution >= 0.6 is 12.2 Å². The molecule has 6 rings (SSSR count). The topological polar surface area (TPSA) is 45.6 Å². The van der Waals surface area contributed by atoms with E-state index in [-0.39, 0.29) is 12.1 Å². The van der Waals surface area contributed by atoms with Crippen LogP contribution in [0.5, 0.6) is 0 Å². The molecule has 1 aromatic carbocycles. The molecule has 3 aromatic rings. The average Bonchev–Trinajstić information content (AvgIpc) is 3.63. The lowest BCUT2D eigenvalue weighted by molar-refractivity contribution is 0.122. The highest BCUT2D eigenvalue weighted by Crippen LogP contribution is 2.45. The normalized spacial score (nSPS) is 22.9. The molecule has 188 valence electrons. The first kappa shape index (κ1) is 23.5. The average molecular weight is 502 g/mol. The number of anilines is 2. The Balaban J connectivity index is 1.40. The number of pyridine rings is 1. The molecule has 2 aliphatic heterocycles. The Hall–Kier alpha value is -2.90. The van der Waals surface area contributed by atoms with Crippen molar-refractivity contribution in [1.82, 2.24) is 14.9 Å². The van der Waals surface area contributed by atoms with Crippen LogP contribution in [-0.4, -0.2) is 41.0 Å². The maximum atomic E-state index is 5.98. The van der Waals surface area contributed by atoms with Gasteiger partial charge in [0.05, 0.1) is 31.0 Å². The van der Waals surface area contributed by atoms with Crippen molar-refractivity contribution in [2.75, 3.05) is 36.1 Å². The fourth-order valence-corrected chi connectivity index (χ4v) is 6.77. The Morgan fingerprint density at radius 2 is 1.69 bits per heavy atom. The molecule has 3 aliphatic rings. The number of thiocarbonyl (C=S) groups is 1. The molecule has 2 atom stereocenters. The van der Waals surface area contributed by atoms with Gasteiger partial charge in [0, 0.05) is 48.1 Å². The number of aryl methyl sites for hydroxylation is 1. The van der Waals surface area contributed by atoms with Gasteiger partial charge in [-0.3, -0.25) is 4.98 Å². The van der Waals surface area contributed by atoms with Gasteiger partial charge in [-0.1, -0.05) is 18.9 Å². The number of hydrogen-bond donors (Lipinski definition) is 1. The molecule has 0 radical (unpaired) electrons. The highest BCUT2D eigenvalue weighted by Gasteiger charge is 2.42. The predicted octanol–water partition coefficient (Wildman–Crippen LogP) is 5.63. The smallest absolute Gasteiger partial charge is 0.174 e. The van der Waals surface area contributed by atoms with Crippen LogP contribution in [0.2, 0.25) is 0 Å². The Morgan fingerprint density at radius 1 is 0.972 bits per heavy atom. The first-order chi connectivity index (χ1) is 17.6. The van der Waals surface area contributed by atoms with Gasteiger partial charge in [0.25, 0.3) is 0 Å². The lowest BCUT2D eigenvalue weighted by atomic mass is 9.96. The van der Waals surface area contributed by atoms with Crippen molar-refractivity contribution in [1.29, 1.82) is 0 Å². The molecule has 2 saturated heterocycles. The van der Waals surface area contributed by atoms with E-state index in [9.17, 15) is 0 Å². The fraction of sp³-hybridized carbons (Fsp3) is 0.448. The van der Waals surface area contributed by atoms with Gasteiger partial charge in [0.2, 0.25) is 0 Å². The Bertz CT molecular complexity index is 1210. The molecule has 0 unspecified atom stereocenters. The quantitative estimate of drug-likeness (QED) is 0.457. The molecule has 3 fully saturated rings. The fourth-order valence-electron chi connectivity index (χ4n) is 6.42. The summed E-state index contributed by atoms with van der Waals surface area (Å²) in [7, 11) is 0. The molecule has 36 heavy (non-hydrogen) atoms. The van der Waals surface area contributed by atoms with Crippen LogP contribution in [0.25, 0.3) is 0 Å². The Kier molecular flexibility index (Phi) is 6.44. The first-order valence-electron chi connectivity index (χ1n) is 13.2. The van der Waals surface area contributed by atoms with Crippen molar-refractivity contribution >= 4 is 28.7 Å². The van der Waals surface area contributed by atoms with Gasteiger partial charge in [0.15, 0.2) is 5.11 Å². The second-order valence-corrected chi connectivity index (χ2v) is 10.6. The van der Waals surface area contributed by atoms with Gasteiger partial charge in [-0.15, -0.1) is 0 Å². The first-order valence-corrected chi connectivity index (χ1v) is 13.6. The summed E-state index contributed by atoms with van der Waals surface area (Å²) < 4.78 is 8.12. The third-order valence-electron chi connectivity index (χ3n) is 8.13. The maximum Gasteiger partial charge on any atom is 0.174 e. The SMILES string of the molecule is Cc1cc([C@H]2[C@H](c3ccccn3)NC(=S)N2c2ccc(N3CCOCC3)cc2)c(C)n1C1CCCC1. The molecular formula is C29H35N5OS. The van der Waals surface area contributed by atoms with E-state index in [0.717, 1.165) is 42.8 Å². The summed E-state index contributed by atoms with van der Waals surface area (Å²) in [6.07, 6.45) is 7.06. The molecule has 1 saturated carbocycles. The minimum absolute atomic E-state index is 0.0184. The van der Waals surface area contributed by atoms with Crippen molar-refractivity contribution in [2.24, 2.45) is 0 Å². The maximum absolute atomic E-state index is 5.98. The summed E-state index contributed by atoms with van der Waals surface area (Å²) in [5.41, 5.74) is 7.39. The van der Waals surface area contributed by atoms with E-state index in [1.165, 1.54) is 48.3 Å². The molecule has 0 amide bonds. The van der Waals surface area contributed by atoms with E-state index in [1.807, 2.05) is 12.3 Å². The van der Waals surface area contributed by atoms with Gasteiger partial charge < -0.3 is 24.4 Å². The molecule has 4 heterocycles. The molecule has 6 nitrogen and oxygen atoms in total. The second kappa shape index (κ2) is 9.87. The van der Waals surface area contributed by atoms with Crippen molar-refractivity contribution in [3.8, 4) is 0 Å². The summed E-state index contributed by atoms with van der Waals surface area (Å²) in [6, 6.07) is 18.0. The lowest BCUT2D eigenvalue weighted by Crippen LogP contribution is -2.36. The number of nitrogens with one attached hydrogen (secondary N) is 1. The minimum Gasteiger partial charge on any atom is -0.378 e. The third kappa shape index (κ3) is 4.18. The number of benzene rings is 1. The van der Waals surface area contributed by atoms with Gasteiger partial charge in [0.1, 0.15) is 0 Å². The summed E-state index contributed by atoms with van der Waals surface area (Å²) >= 11 is 5.98. The van der Waals surface area contributed by atoms with E-state index >= 15 is 0 Å². The molecule has 7 heteroatoms. The lowest BCUT2D eigenvalue weighted by Gasteiger charge is -2.31. The van der Waals surface area contributed by atoms with Crippen LogP contribution < -0.4 is 15.1 Å². The number of rotatable bonds is 5. The number of nitrogens with zero attached hydrogens (tertiary/aromatic N) is 4. The third-order valence-corrected chi connectivity index (χ3v) is 8.45. The van der Waals surface area contributed by atoms with Crippen LogP contribution in [0.15, 0.2) is 54.7 Å². The van der Waals surface area contributed by atoms with E-state index in [1.54, 1.807) is 0 Å². The zero-order valence-corrected chi connectivity index (χ0v) is 22.0. The molecule has 2 aromatic heterocycles. The van der Waals surface area contributed by atoms with Gasteiger partial charge in [-0.2, -0.15) is 0 Å². The van der Waals surface area contributed by atoms with Gasteiger partial charge in [-0.05, 0) is 86.9 Å². The highest BCUT2D eigenvalue weighted by molar-refractivity contribution is 7.80. The Morgan fingerprint density at radius 3 is 2.39 bits per heavy atom. The Labute approximate surface area is 219 Å². The van der Waals surface area contributed by atoms with Crippen molar-refractivity contribution in [3.05, 3.63) is 77.4 Å². The van der Waals surface area contributed by atoms with Crippen LogP contribution in [-0.2, 0) is 4.74 Å². The largest absolute Gasteiger partial charge is 0.378 e. The summed E-state index contributed by atoms with van der Waals surface area (Å²) in [5.74, 6) is 0. The summed E-state index contributed by atoms with van der Waals surface area (Å²) in [4.78, 5) is 9.43. The molecule has 1 aliphatic carbocycles. The van der Waals surface area contributed by atoms with E-state index in [2.05, 4.69) is 76.0 Å². The molecule has 1 N–H and O–H groups in total. The number of aromatic nitrogens is 2. The van der Waals surface area contributed by atoms with Crippen molar-refractivity contribution < 1.29 is 4.74 Å². The predicted molar refractivity (Wildman–Crippen MR) is 149 cm³/mol. The summed E-state index contributed by atoms with van der Waals surface area (Å²) in [5, 5.41) is 4.38. The number of hydrogen-bond acceptors (Lipinski definition) is 4. The van der Waals surface area contributed by atoms with E-state index in [4.69, 9.17) is 21.9 Å². The zero-order chi connectivity index (χ0) is 24.6. The van der Waals surface area contributed by atoms with Crippen LogP contribution in [0, 0.1) is 13.8 Å². The molecule has 0 bridgehead atoms. The molecule has 0 spiro atoms. The van der Waals surface area contributed by atoms with Gasteiger partial charge >= 0.3 is 0 Å². The van der Waals surface area contributed by atoms with E-state index in [0.29, 0.717) is 6.04 Å². The second-order valence-electron chi connectivity index (χ2n) is 10.2. The molecular weight excluding hydrogens is 466 g/mol. The highest BCUT2D eigenvalue weighted by atomic mass is 32.1. The monoisotopic (exact) mass is 501 g/mol. The number of ether oxygens (including phenoxy) is 1. The number of morpholine rings is 1. The van der Waals surface area contributed by atoms with Crippen molar-refractivity contribution in [2.45, 2.75) is 57.7 Å². The zero-order valence-electron chi connectivity index (χ0n) is 21.2.